The second kappa shape index (κ2) is 6.26. The third-order valence-electron chi connectivity index (χ3n) is 3.73. The average molecular weight is 273 g/mol. The van der Waals surface area contributed by atoms with Gasteiger partial charge in [0.05, 0.1) is 6.04 Å². The number of hydrogen-bond acceptors (Lipinski definition) is 4. The highest BCUT2D eigenvalue weighted by atomic mass is 32.1. The summed E-state index contributed by atoms with van der Waals surface area (Å²) in [5, 5.41) is 3.38. The summed E-state index contributed by atoms with van der Waals surface area (Å²) in [4.78, 5) is 11.2. The van der Waals surface area contributed by atoms with E-state index in [1.165, 1.54) is 42.9 Å². The van der Waals surface area contributed by atoms with Gasteiger partial charge in [0.25, 0.3) is 0 Å². The van der Waals surface area contributed by atoms with E-state index in [9.17, 15) is 0 Å². The zero-order valence-corrected chi connectivity index (χ0v) is 11.9. The third kappa shape index (κ3) is 3.19. The van der Waals surface area contributed by atoms with Gasteiger partial charge in [-0.2, -0.15) is 0 Å². The highest BCUT2D eigenvalue weighted by Gasteiger charge is 2.26. The fourth-order valence-electron chi connectivity index (χ4n) is 2.80. The Kier molecular flexibility index (Phi) is 4.20. The molecule has 3 rings (SSSR count). The summed E-state index contributed by atoms with van der Waals surface area (Å²) in [5.74, 6) is 0. The molecule has 0 amide bonds. The van der Waals surface area contributed by atoms with E-state index in [0.29, 0.717) is 6.04 Å². The largest absolute Gasteiger partial charge is 0.294 e. The highest BCUT2D eigenvalue weighted by Crippen LogP contribution is 2.32. The van der Waals surface area contributed by atoms with Gasteiger partial charge in [0.15, 0.2) is 0 Å². The van der Waals surface area contributed by atoms with E-state index in [-0.39, 0.29) is 0 Å². The molecule has 3 heterocycles. The van der Waals surface area contributed by atoms with Crippen molar-refractivity contribution < 1.29 is 0 Å². The van der Waals surface area contributed by atoms with Crippen molar-refractivity contribution in [1.82, 2.24) is 14.9 Å². The van der Waals surface area contributed by atoms with Gasteiger partial charge in [-0.15, -0.1) is 11.3 Å². The van der Waals surface area contributed by atoms with E-state index in [1.807, 2.05) is 24.7 Å². The molecule has 4 heteroatoms. The molecule has 100 valence electrons. The van der Waals surface area contributed by atoms with Crippen LogP contribution in [0.2, 0.25) is 0 Å². The first-order valence-corrected chi connectivity index (χ1v) is 7.84. The van der Waals surface area contributed by atoms with E-state index in [1.54, 1.807) is 11.3 Å². The summed E-state index contributed by atoms with van der Waals surface area (Å²) in [6.45, 7) is 2.39. The van der Waals surface area contributed by atoms with Gasteiger partial charge in [-0.3, -0.25) is 9.88 Å². The van der Waals surface area contributed by atoms with Crippen LogP contribution in [0.5, 0.6) is 0 Å². The predicted molar refractivity (Wildman–Crippen MR) is 78.2 cm³/mol. The topological polar surface area (TPSA) is 29.0 Å². The van der Waals surface area contributed by atoms with Crippen molar-refractivity contribution in [2.24, 2.45) is 0 Å². The summed E-state index contributed by atoms with van der Waals surface area (Å²) in [6, 6.07) is 4.74. The van der Waals surface area contributed by atoms with Crippen molar-refractivity contribution in [3.63, 3.8) is 0 Å². The van der Waals surface area contributed by atoms with E-state index >= 15 is 0 Å². The van der Waals surface area contributed by atoms with Gasteiger partial charge in [0.2, 0.25) is 0 Å². The maximum absolute atomic E-state index is 4.48. The Balaban J connectivity index is 1.52. The SMILES string of the molecule is c1cncc(CCCN2CCCC2c2nccs2)c1. The number of likely N-dealkylation sites (tertiary alicyclic amines) is 1. The molecule has 19 heavy (non-hydrogen) atoms. The molecule has 1 atom stereocenters. The van der Waals surface area contributed by atoms with E-state index < -0.39 is 0 Å². The van der Waals surface area contributed by atoms with Crippen molar-refractivity contribution in [1.29, 1.82) is 0 Å². The number of rotatable bonds is 5. The number of aryl methyl sites for hydroxylation is 1. The normalized spacial score (nSPS) is 19.9. The van der Waals surface area contributed by atoms with Gasteiger partial charge in [-0.1, -0.05) is 6.07 Å². The smallest absolute Gasteiger partial charge is 0.110 e. The number of nitrogens with zero attached hydrogens (tertiary/aromatic N) is 3. The van der Waals surface area contributed by atoms with Crippen LogP contribution in [0.4, 0.5) is 0 Å². The van der Waals surface area contributed by atoms with Gasteiger partial charge in [-0.05, 0) is 50.4 Å². The Morgan fingerprint density at radius 2 is 2.37 bits per heavy atom. The van der Waals surface area contributed by atoms with Crippen molar-refractivity contribution in [2.75, 3.05) is 13.1 Å². The Labute approximate surface area is 118 Å². The monoisotopic (exact) mass is 273 g/mol. The summed E-state index contributed by atoms with van der Waals surface area (Å²) < 4.78 is 0. The zero-order chi connectivity index (χ0) is 12.9. The number of pyridine rings is 1. The van der Waals surface area contributed by atoms with Crippen LogP contribution in [0.1, 0.15) is 35.9 Å². The lowest BCUT2D eigenvalue weighted by molar-refractivity contribution is 0.253. The van der Waals surface area contributed by atoms with Gasteiger partial charge in [0, 0.05) is 24.0 Å². The van der Waals surface area contributed by atoms with Gasteiger partial charge in [0.1, 0.15) is 5.01 Å². The molecule has 1 unspecified atom stereocenters. The van der Waals surface area contributed by atoms with Gasteiger partial charge >= 0.3 is 0 Å². The Hall–Kier alpha value is -1.26. The van der Waals surface area contributed by atoms with Crippen LogP contribution in [0, 0.1) is 0 Å². The van der Waals surface area contributed by atoms with Crippen LogP contribution in [0.15, 0.2) is 36.1 Å². The van der Waals surface area contributed by atoms with Crippen molar-refractivity contribution in [3.05, 3.63) is 46.7 Å². The lowest BCUT2D eigenvalue weighted by atomic mass is 10.1. The molecule has 0 saturated carbocycles. The molecule has 1 saturated heterocycles. The molecule has 1 aliphatic heterocycles. The first kappa shape index (κ1) is 12.8. The predicted octanol–water partition coefficient (Wildman–Crippen LogP) is 3.31. The molecular weight excluding hydrogens is 254 g/mol. The van der Waals surface area contributed by atoms with E-state index in [2.05, 4.69) is 26.3 Å². The zero-order valence-electron chi connectivity index (χ0n) is 11.0. The maximum atomic E-state index is 4.48. The molecule has 1 fully saturated rings. The summed E-state index contributed by atoms with van der Waals surface area (Å²) in [6.07, 6.45) is 10.6. The van der Waals surface area contributed by atoms with E-state index in [0.717, 1.165) is 6.42 Å². The van der Waals surface area contributed by atoms with Crippen LogP contribution in [0.25, 0.3) is 0 Å². The lowest BCUT2D eigenvalue weighted by Gasteiger charge is -2.22. The molecular formula is C15H19N3S. The van der Waals surface area contributed by atoms with Crippen molar-refractivity contribution >= 4 is 11.3 Å². The number of thiazole rings is 1. The van der Waals surface area contributed by atoms with E-state index in [4.69, 9.17) is 0 Å². The third-order valence-corrected chi connectivity index (χ3v) is 4.61. The average Bonchev–Trinajstić information content (AvgIpc) is 3.10. The second-order valence-corrected chi connectivity index (χ2v) is 5.96. The molecule has 0 N–H and O–H groups in total. The van der Waals surface area contributed by atoms with Crippen LogP contribution in [0.3, 0.4) is 0 Å². The summed E-state index contributed by atoms with van der Waals surface area (Å²) in [7, 11) is 0. The van der Waals surface area contributed by atoms with Crippen molar-refractivity contribution in [3.8, 4) is 0 Å². The van der Waals surface area contributed by atoms with Crippen LogP contribution in [-0.2, 0) is 6.42 Å². The Morgan fingerprint density at radius 3 is 3.16 bits per heavy atom. The lowest BCUT2D eigenvalue weighted by Crippen LogP contribution is -2.24. The first-order valence-electron chi connectivity index (χ1n) is 6.96. The van der Waals surface area contributed by atoms with Crippen LogP contribution >= 0.6 is 11.3 Å². The maximum Gasteiger partial charge on any atom is 0.110 e. The molecule has 1 aliphatic rings. The molecule has 3 nitrogen and oxygen atoms in total. The number of hydrogen-bond donors (Lipinski definition) is 0. The number of aromatic nitrogens is 2. The van der Waals surface area contributed by atoms with Gasteiger partial charge in [-0.25, -0.2) is 4.98 Å². The molecule has 0 bridgehead atoms. The van der Waals surface area contributed by atoms with Gasteiger partial charge < -0.3 is 0 Å². The molecule has 0 spiro atoms. The van der Waals surface area contributed by atoms with Crippen LogP contribution in [-0.4, -0.2) is 28.0 Å². The highest BCUT2D eigenvalue weighted by molar-refractivity contribution is 7.09. The molecule has 2 aromatic heterocycles. The minimum Gasteiger partial charge on any atom is -0.294 e. The quantitative estimate of drug-likeness (QED) is 0.837. The molecule has 0 aromatic carbocycles. The standard InChI is InChI=1S/C15H19N3S/c1-4-13(12-16-7-1)5-2-9-18-10-3-6-14(18)15-17-8-11-19-15/h1,4,7-8,11-12,14H,2-3,5-6,9-10H2. The fraction of sp³-hybridized carbons (Fsp3) is 0.467. The second-order valence-electron chi connectivity index (χ2n) is 5.03. The Bertz CT molecular complexity index is 483. The minimum absolute atomic E-state index is 0.564. The minimum atomic E-state index is 0.564. The molecule has 2 aromatic rings. The first-order chi connectivity index (χ1) is 9.43. The molecule has 0 radical (unpaired) electrons. The summed E-state index contributed by atoms with van der Waals surface area (Å²) in [5.41, 5.74) is 1.34. The summed E-state index contributed by atoms with van der Waals surface area (Å²) >= 11 is 1.79. The fourth-order valence-corrected chi connectivity index (χ4v) is 3.61. The van der Waals surface area contributed by atoms with Crippen molar-refractivity contribution in [2.45, 2.75) is 31.7 Å². The van der Waals surface area contributed by atoms with Crippen LogP contribution < -0.4 is 0 Å². The molecule has 0 aliphatic carbocycles. The Morgan fingerprint density at radius 1 is 1.37 bits per heavy atom.